The molecule has 9 nitrogen and oxygen atoms in total. The van der Waals surface area contributed by atoms with Gasteiger partial charge in [0.25, 0.3) is 5.91 Å². The molecule has 0 unspecified atom stereocenters. The van der Waals surface area contributed by atoms with Gasteiger partial charge in [-0.25, -0.2) is 9.59 Å². The lowest BCUT2D eigenvalue weighted by Crippen LogP contribution is -2.23. The molecule has 0 aliphatic heterocycles. The Morgan fingerprint density at radius 3 is 2.68 bits per heavy atom. The molecule has 0 aliphatic carbocycles. The minimum absolute atomic E-state index is 0.0561. The molecule has 142 valence electrons. The summed E-state index contributed by atoms with van der Waals surface area (Å²) in [5.41, 5.74) is -1.88. The van der Waals surface area contributed by atoms with Crippen LogP contribution in [0, 0.1) is 15.9 Å². The van der Waals surface area contributed by atoms with E-state index in [9.17, 15) is 28.9 Å². The molecule has 10 heteroatoms. The van der Waals surface area contributed by atoms with Crippen LogP contribution in [0.1, 0.15) is 10.4 Å². The minimum Gasteiger partial charge on any atom is -0.452 e. The molecular weight excluding hydrogens is 375 g/mol. The quantitative estimate of drug-likeness (QED) is 0.309. The number of esters is 1. The summed E-state index contributed by atoms with van der Waals surface area (Å²) < 4.78 is 23.1. The lowest BCUT2D eigenvalue weighted by atomic mass is 10.2. The number of nitro groups is 1. The van der Waals surface area contributed by atoms with Gasteiger partial charge in [0, 0.05) is 17.1 Å². The number of carbonyl (C=O) groups is 2. The maximum Gasteiger partial charge on any atom is 0.351 e. The van der Waals surface area contributed by atoms with Crippen molar-refractivity contribution in [3.63, 3.8) is 0 Å². The molecule has 0 atom stereocenters. The first-order valence-electron chi connectivity index (χ1n) is 7.79. The number of amides is 1. The first-order valence-corrected chi connectivity index (χ1v) is 7.79. The normalized spacial score (nSPS) is 10.5. The zero-order chi connectivity index (χ0) is 20.3. The highest BCUT2D eigenvalue weighted by Gasteiger charge is 2.18. The molecule has 0 saturated heterocycles. The molecule has 0 aliphatic rings. The SMILES string of the molecule is O=C(COC(=O)c1cc2ccccc2oc1=O)Nc1ccc(F)c([N+](=O)[O-])c1. The first kappa shape index (κ1) is 18.7. The summed E-state index contributed by atoms with van der Waals surface area (Å²) in [5.74, 6) is -2.96. The smallest absolute Gasteiger partial charge is 0.351 e. The van der Waals surface area contributed by atoms with Gasteiger partial charge in [0.05, 0.1) is 4.92 Å². The number of hydrogen-bond acceptors (Lipinski definition) is 7. The van der Waals surface area contributed by atoms with Crippen LogP contribution < -0.4 is 10.9 Å². The molecule has 1 aromatic heterocycles. The predicted molar refractivity (Wildman–Crippen MR) is 94.5 cm³/mol. The van der Waals surface area contributed by atoms with E-state index in [1.54, 1.807) is 24.3 Å². The summed E-state index contributed by atoms with van der Waals surface area (Å²) in [6, 6.07) is 10.6. The molecule has 3 rings (SSSR count). The number of nitro benzene ring substituents is 1. The van der Waals surface area contributed by atoms with Gasteiger partial charge in [-0.3, -0.25) is 14.9 Å². The Labute approximate surface area is 155 Å². The maximum atomic E-state index is 13.3. The monoisotopic (exact) mass is 386 g/mol. The first-order chi connectivity index (χ1) is 13.3. The number of carbonyl (C=O) groups excluding carboxylic acids is 2. The number of anilines is 1. The number of para-hydroxylation sites is 1. The molecule has 1 N–H and O–H groups in total. The Morgan fingerprint density at radius 1 is 1.18 bits per heavy atom. The number of halogens is 1. The largest absolute Gasteiger partial charge is 0.452 e. The Kier molecular flexibility index (Phi) is 5.12. The van der Waals surface area contributed by atoms with Gasteiger partial charge in [0.2, 0.25) is 5.82 Å². The van der Waals surface area contributed by atoms with Crippen molar-refractivity contribution in [2.45, 2.75) is 0 Å². The molecule has 0 spiro atoms. The highest BCUT2D eigenvalue weighted by molar-refractivity contribution is 5.96. The van der Waals surface area contributed by atoms with Gasteiger partial charge in [-0.15, -0.1) is 0 Å². The number of ether oxygens (including phenoxy) is 1. The second-order valence-corrected chi connectivity index (χ2v) is 5.53. The van der Waals surface area contributed by atoms with E-state index in [4.69, 9.17) is 9.15 Å². The highest BCUT2D eigenvalue weighted by atomic mass is 19.1. The second-order valence-electron chi connectivity index (χ2n) is 5.53. The van der Waals surface area contributed by atoms with Gasteiger partial charge in [0.15, 0.2) is 6.61 Å². The zero-order valence-electron chi connectivity index (χ0n) is 14.0. The maximum absolute atomic E-state index is 13.3. The van der Waals surface area contributed by atoms with E-state index in [0.29, 0.717) is 11.0 Å². The molecule has 0 saturated carbocycles. The number of benzene rings is 2. The van der Waals surface area contributed by atoms with Gasteiger partial charge in [-0.1, -0.05) is 18.2 Å². The van der Waals surface area contributed by atoms with Crippen molar-refractivity contribution >= 4 is 34.2 Å². The van der Waals surface area contributed by atoms with Crippen molar-refractivity contribution in [3.05, 3.63) is 80.4 Å². The molecule has 3 aromatic rings. The molecular formula is C18H11FN2O7. The standard InChI is InChI=1S/C18H11FN2O7/c19-13-6-5-11(8-14(13)21(25)26)20-16(22)9-27-17(23)12-7-10-3-1-2-4-15(10)28-18(12)24/h1-8H,9H2,(H,20,22). The van der Waals surface area contributed by atoms with Crippen LogP contribution in [0.4, 0.5) is 15.8 Å². The van der Waals surface area contributed by atoms with Crippen molar-refractivity contribution in [1.82, 2.24) is 0 Å². The summed E-state index contributed by atoms with van der Waals surface area (Å²) in [6.07, 6.45) is 0. The Bertz CT molecular complexity index is 1160. The third kappa shape index (κ3) is 4.01. The van der Waals surface area contributed by atoms with E-state index in [1.165, 1.54) is 6.07 Å². The van der Waals surface area contributed by atoms with E-state index in [2.05, 4.69) is 5.32 Å². The molecule has 0 radical (unpaired) electrons. The van der Waals surface area contributed by atoms with Crippen molar-refractivity contribution in [2.75, 3.05) is 11.9 Å². The summed E-state index contributed by atoms with van der Waals surface area (Å²) in [5, 5.41) is 13.4. The number of nitrogens with zero attached hydrogens (tertiary/aromatic N) is 1. The summed E-state index contributed by atoms with van der Waals surface area (Å²) >= 11 is 0. The molecule has 0 fully saturated rings. The van der Waals surface area contributed by atoms with Crippen LogP contribution in [0.5, 0.6) is 0 Å². The number of fused-ring (bicyclic) bond motifs is 1. The van der Waals surface area contributed by atoms with Gasteiger partial charge < -0.3 is 14.5 Å². The van der Waals surface area contributed by atoms with Crippen LogP contribution in [0.15, 0.2) is 57.7 Å². The van der Waals surface area contributed by atoms with Crippen LogP contribution >= 0.6 is 0 Å². The lowest BCUT2D eigenvalue weighted by molar-refractivity contribution is -0.387. The molecule has 1 amide bonds. The Balaban J connectivity index is 1.67. The molecule has 0 bridgehead atoms. The van der Waals surface area contributed by atoms with Gasteiger partial charge in [-0.05, 0) is 24.3 Å². The van der Waals surface area contributed by atoms with Crippen LogP contribution in [-0.4, -0.2) is 23.4 Å². The van der Waals surface area contributed by atoms with E-state index in [1.807, 2.05) is 0 Å². The van der Waals surface area contributed by atoms with Crippen molar-refractivity contribution in [2.24, 2.45) is 0 Å². The summed E-state index contributed by atoms with van der Waals surface area (Å²) in [7, 11) is 0. The van der Waals surface area contributed by atoms with E-state index in [-0.39, 0.29) is 11.3 Å². The topological polar surface area (TPSA) is 129 Å². The second kappa shape index (κ2) is 7.66. The van der Waals surface area contributed by atoms with E-state index >= 15 is 0 Å². The number of hydrogen-bond donors (Lipinski definition) is 1. The van der Waals surface area contributed by atoms with Crippen molar-refractivity contribution < 1.29 is 28.1 Å². The van der Waals surface area contributed by atoms with E-state index < -0.39 is 40.5 Å². The fourth-order valence-electron chi connectivity index (χ4n) is 2.34. The average molecular weight is 386 g/mol. The molecule has 28 heavy (non-hydrogen) atoms. The Morgan fingerprint density at radius 2 is 1.93 bits per heavy atom. The van der Waals surface area contributed by atoms with Crippen LogP contribution in [-0.2, 0) is 9.53 Å². The fourth-order valence-corrected chi connectivity index (χ4v) is 2.34. The minimum atomic E-state index is -1.07. The average Bonchev–Trinajstić information content (AvgIpc) is 2.66. The highest BCUT2D eigenvalue weighted by Crippen LogP contribution is 2.21. The van der Waals surface area contributed by atoms with Gasteiger partial charge in [-0.2, -0.15) is 4.39 Å². The summed E-state index contributed by atoms with van der Waals surface area (Å²) in [4.78, 5) is 45.5. The lowest BCUT2D eigenvalue weighted by Gasteiger charge is -2.07. The van der Waals surface area contributed by atoms with Crippen LogP contribution in [0.2, 0.25) is 0 Å². The zero-order valence-corrected chi connectivity index (χ0v) is 14.0. The molecule has 2 aromatic carbocycles. The number of nitrogens with one attached hydrogen (secondary N) is 1. The van der Waals surface area contributed by atoms with Crippen LogP contribution in [0.3, 0.4) is 0 Å². The van der Waals surface area contributed by atoms with Crippen molar-refractivity contribution in [1.29, 1.82) is 0 Å². The number of rotatable bonds is 5. The van der Waals surface area contributed by atoms with E-state index in [0.717, 1.165) is 18.2 Å². The predicted octanol–water partition coefficient (Wildman–Crippen LogP) is 2.64. The summed E-state index contributed by atoms with van der Waals surface area (Å²) in [6.45, 7) is -0.768. The fraction of sp³-hybridized carbons (Fsp3) is 0.0556. The Hall–Kier alpha value is -4.08. The van der Waals surface area contributed by atoms with Gasteiger partial charge in [0.1, 0.15) is 11.1 Å². The van der Waals surface area contributed by atoms with Crippen LogP contribution in [0.25, 0.3) is 11.0 Å². The molecule has 1 heterocycles. The third-order valence-electron chi connectivity index (χ3n) is 3.62. The third-order valence-corrected chi connectivity index (χ3v) is 3.62. The van der Waals surface area contributed by atoms with Gasteiger partial charge >= 0.3 is 17.3 Å². The van der Waals surface area contributed by atoms with Crippen molar-refractivity contribution in [3.8, 4) is 0 Å².